The average molecular weight is 507 g/mol. The maximum atomic E-state index is 13.3. The number of rotatable bonds is 5. The van der Waals surface area contributed by atoms with E-state index in [-0.39, 0.29) is 21.9 Å². The fourth-order valence-electron chi connectivity index (χ4n) is 4.51. The van der Waals surface area contributed by atoms with Crippen molar-refractivity contribution < 1.29 is 32.6 Å². The highest BCUT2D eigenvalue weighted by Gasteiger charge is 2.47. The van der Waals surface area contributed by atoms with Gasteiger partial charge in [0.05, 0.1) is 30.2 Å². The zero-order valence-corrected chi connectivity index (χ0v) is 20.0. The minimum absolute atomic E-state index is 0.0948. The predicted octanol–water partition coefficient (Wildman–Crippen LogP) is 2.90. The van der Waals surface area contributed by atoms with Crippen molar-refractivity contribution in [2.45, 2.75) is 17.4 Å². The van der Waals surface area contributed by atoms with Gasteiger partial charge in [-0.1, -0.05) is 12.1 Å². The molecule has 9 nitrogen and oxygen atoms in total. The number of primary sulfonamides is 1. The Kier molecular flexibility index (Phi) is 5.77. The molecule has 1 atom stereocenters. The monoisotopic (exact) mass is 506 g/mol. The molecular formula is C26H22N2O7S. The molecule has 3 N–H and O–H groups in total. The summed E-state index contributed by atoms with van der Waals surface area (Å²) in [5.74, 6) is -0.840. The van der Waals surface area contributed by atoms with E-state index < -0.39 is 27.8 Å². The number of carbonyl (C=O) groups excluding carboxylic acids is 2. The molecule has 2 aliphatic heterocycles. The van der Waals surface area contributed by atoms with Crippen molar-refractivity contribution in [3.63, 3.8) is 0 Å². The van der Waals surface area contributed by atoms with Gasteiger partial charge < -0.3 is 14.6 Å². The van der Waals surface area contributed by atoms with Gasteiger partial charge >= 0.3 is 0 Å². The molecule has 1 unspecified atom stereocenters. The smallest absolute Gasteiger partial charge is 0.300 e. The van der Waals surface area contributed by atoms with E-state index >= 15 is 0 Å². The molecule has 0 spiro atoms. The zero-order chi connectivity index (χ0) is 25.6. The third-order valence-electron chi connectivity index (χ3n) is 6.26. The molecule has 2 heterocycles. The van der Waals surface area contributed by atoms with Gasteiger partial charge in [0.1, 0.15) is 17.3 Å². The van der Waals surface area contributed by atoms with Crippen LogP contribution in [0.2, 0.25) is 0 Å². The van der Waals surface area contributed by atoms with E-state index in [2.05, 4.69) is 0 Å². The SMILES string of the molecule is COc1cccc(C2/C(=C(/O)c3ccc4c(c3)CCO4)C(=O)C(=O)N2c2ccc(S(N)(=O)=O)cc2)c1. The fraction of sp³-hybridized carbons (Fsp3) is 0.154. The number of benzene rings is 3. The molecule has 5 rings (SSSR count). The molecule has 1 amide bonds. The standard InChI is InChI=1S/C26H22N2O7S/c1-34-19-4-2-3-16(14-19)23-22(24(29)17-5-10-21-15(13-17)11-12-35-21)25(30)26(31)28(23)18-6-8-20(9-7-18)36(27,32)33/h2-10,13-14,23,29H,11-12H2,1H3,(H2,27,32,33)/b24-22-. The highest BCUT2D eigenvalue weighted by atomic mass is 32.2. The van der Waals surface area contributed by atoms with Crippen LogP contribution in [0.3, 0.4) is 0 Å². The first-order valence-electron chi connectivity index (χ1n) is 11.0. The highest BCUT2D eigenvalue weighted by molar-refractivity contribution is 7.89. The van der Waals surface area contributed by atoms with Gasteiger partial charge in [-0.25, -0.2) is 13.6 Å². The summed E-state index contributed by atoms with van der Waals surface area (Å²) in [6.45, 7) is 0.530. The van der Waals surface area contributed by atoms with Gasteiger partial charge in [-0.3, -0.25) is 14.5 Å². The van der Waals surface area contributed by atoms with Crippen molar-refractivity contribution in [1.82, 2.24) is 0 Å². The van der Waals surface area contributed by atoms with E-state index in [0.29, 0.717) is 35.7 Å². The van der Waals surface area contributed by atoms with Crippen molar-refractivity contribution in [3.8, 4) is 11.5 Å². The lowest BCUT2D eigenvalue weighted by Crippen LogP contribution is -2.29. The maximum Gasteiger partial charge on any atom is 0.300 e. The van der Waals surface area contributed by atoms with Crippen LogP contribution < -0.4 is 19.5 Å². The summed E-state index contributed by atoms with van der Waals surface area (Å²) in [6.07, 6.45) is 0.667. The van der Waals surface area contributed by atoms with Crippen LogP contribution in [0.5, 0.6) is 11.5 Å². The quantitative estimate of drug-likeness (QED) is 0.308. The predicted molar refractivity (Wildman–Crippen MR) is 131 cm³/mol. The molecule has 1 saturated heterocycles. The van der Waals surface area contributed by atoms with E-state index in [1.54, 1.807) is 42.5 Å². The Morgan fingerprint density at radius 2 is 1.83 bits per heavy atom. The number of amides is 1. The number of nitrogens with zero attached hydrogens (tertiary/aromatic N) is 1. The molecule has 0 aliphatic carbocycles. The summed E-state index contributed by atoms with van der Waals surface area (Å²) in [5, 5.41) is 16.5. The molecule has 2 aliphatic rings. The minimum atomic E-state index is -3.95. The second kappa shape index (κ2) is 8.81. The number of Topliss-reactive ketones (excluding diaryl/α,β-unsaturated/α-hetero) is 1. The Morgan fingerprint density at radius 3 is 2.53 bits per heavy atom. The lowest BCUT2D eigenvalue weighted by atomic mass is 9.94. The summed E-state index contributed by atoms with van der Waals surface area (Å²) in [4.78, 5) is 27.7. The van der Waals surface area contributed by atoms with Crippen LogP contribution in [0.25, 0.3) is 5.76 Å². The van der Waals surface area contributed by atoms with Gasteiger partial charge in [-0.05, 0) is 65.7 Å². The number of ketones is 1. The summed E-state index contributed by atoms with van der Waals surface area (Å²) in [6, 6.07) is 16.2. The van der Waals surface area contributed by atoms with Gasteiger partial charge in [0.25, 0.3) is 11.7 Å². The van der Waals surface area contributed by atoms with Gasteiger partial charge in [-0.15, -0.1) is 0 Å². The first-order valence-corrected chi connectivity index (χ1v) is 12.6. The van der Waals surface area contributed by atoms with Crippen molar-refractivity contribution in [2.75, 3.05) is 18.6 Å². The van der Waals surface area contributed by atoms with Gasteiger partial charge in [0.15, 0.2) is 0 Å². The molecule has 0 bridgehead atoms. The second-order valence-electron chi connectivity index (χ2n) is 8.41. The third kappa shape index (κ3) is 4.00. The number of aliphatic hydroxyl groups excluding tert-OH is 1. The molecule has 0 aromatic heterocycles. The molecule has 3 aromatic rings. The summed E-state index contributed by atoms with van der Waals surface area (Å²) in [7, 11) is -2.46. The van der Waals surface area contributed by atoms with Crippen molar-refractivity contribution in [1.29, 1.82) is 0 Å². The molecular weight excluding hydrogens is 484 g/mol. The van der Waals surface area contributed by atoms with Crippen molar-refractivity contribution >= 4 is 33.2 Å². The molecule has 3 aromatic carbocycles. The number of hydrogen-bond donors (Lipinski definition) is 2. The average Bonchev–Trinajstić information content (AvgIpc) is 3.45. The maximum absolute atomic E-state index is 13.3. The second-order valence-corrected chi connectivity index (χ2v) is 9.97. The number of sulfonamides is 1. The number of nitrogens with two attached hydrogens (primary N) is 1. The molecule has 0 radical (unpaired) electrons. The first-order chi connectivity index (χ1) is 17.2. The Bertz CT molecular complexity index is 1530. The Balaban J connectivity index is 1.69. The van der Waals surface area contributed by atoms with E-state index in [1.165, 1.54) is 36.3 Å². The summed E-state index contributed by atoms with van der Waals surface area (Å²) in [5.41, 5.74) is 1.97. The number of hydrogen-bond acceptors (Lipinski definition) is 7. The summed E-state index contributed by atoms with van der Waals surface area (Å²) < 4.78 is 34.3. The number of fused-ring (bicyclic) bond motifs is 1. The largest absolute Gasteiger partial charge is 0.507 e. The normalized spacial score (nSPS) is 18.7. The minimum Gasteiger partial charge on any atom is -0.507 e. The number of aliphatic hydroxyl groups is 1. The Morgan fingerprint density at radius 1 is 1.08 bits per heavy atom. The molecule has 36 heavy (non-hydrogen) atoms. The first kappa shape index (κ1) is 23.6. The van der Waals surface area contributed by atoms with E-state index in [9.17, 15) is 23.1 Å². The number of methoxy groups -OCH3 is 1. The summed E-state index contributed by atoms with van der Waals surface area (Å²) >= 11 is 0. The lowest BCUT2D eigenvalue weighted by molar-refractivity contribution is -0.132. The third-order valence-corrected chi connectivity index (χ3v) is 7.19. The van der Waals surface area contributed by atoms with Crippen LogP contribution in [-0.4, -0.2) is 38.9 Å². The number of carbonyl (C=O) groups is 2. The highest BCUT2D eigenvalue weighted by Crippen LogP contribution is 2.43. The van der Waals surface area contributed by atoms with Gasteiger partial charge in [0.2, 0.25) is 10.0 Å². The van der Waals surface area contributed by atoms with Crippen LogP contribution in [0, 0.1) is 0 Å². The van der Waals surface area contributed by atoms with Crippen LogP contribution in [0.1, 0.15) is 22.7 Å². The molecule has 0 saturated carbocycles. The van der Waals surface area contributed by atoms with E-state index in [1.807, 2.05) is 0 Å². The van der Waals surface area contributed by atoms with E-state index in [4.69, 9.17) is 14.6 Å². The zero-order valence-electron chi connectivity index (χ0n) is 19.2. The van der Waals surface area contributed by atoms with Crippen LogP contribution in [-0.2, 0) is 26.0 Å². The molecule has 1 fully saturated rings. The van der Waals surface area contributed by atoms with Crippen LogP contribution >= 0.6 is 0 Å². The van der Waals surface area contributed by atoms with Crippen LogP contribution in [0.15, 0.2) is 77.2 Å². The Hall–Kier alpha value is -4.15. The fourth-order valence-corrected chi connectivity index (χ4v) is 5.03. The van der Waals surface area contributed by atoms with Gasteiger partial charge in [0, 0.05) is 17.7 Å². The number of anilines is 1. The molecule has 184 valence electrons. The number of ether oxygens (including phenoxy) is 2. The topological polar surface area (TPSA) is 136 Å². The van der Waals surface area contributed by atoms with Crippen molar-refractivity contribution in [3.05, 3.63) is 89.0 Å². The molecule has 10 heteroatoms. The Labute approximate surface area is 207 Å². The van der Waals surface area contributed by atoms with Crippen molar-refractivity contribution in [2.24, 2.45) is 5.14 Å². The lowest BCUT2D eigenvalue weighted by Gasteiger charge is -2.26. The van der Waals surface area contributed by atoms with Gasteiger partial charge in [-0.2, -0.15) is 0 Å². The van der Waals surface area contributed by atoms with E-state index in [0.717, 1.165) is 5.56 Å². The van der Waals surface area contributed by atoms with Crippen LogP contribution in [0.4, 0.5) is 5.69 Å².